The second-order valence-electron chi connectivity index (χ2n) is 8.23. The highest BCUT2D eigenvalue weighted by Gasteiger charge is 2.28. The Morgan fingerprint density at radius 2 is 2.03 bits per heavy atom. The molecule has 9 nitrogen and oxygen atoms in total. The van der Waals surface area contributed by atoms with Gasteiger partial charge in [-0.05, 0) is 44.7 Å². The molecule has 1 atom stereocenters. The fourth-order valence-corrected chi connectivity index (χ4v) is 5.18. The molecule has 178 valence electrons. The van der Waals surface area contributed by atoms with E-state index in [0.717, 1.165) is 19.4 Å². The van der Waals surface area contributed by atoms with E-state index in [-0.39, 0.29) is 35.5 Å². The number of hydrogen-bond donors (Lipinski definition) is 1. The van der Waals surface area contributed by atoms with Crippen molar-refractivity contribution in [2.24, 2.45) is 0 Å². The van der Waals surface area contributed by atoms with E-state index in [9.17, 15) is 14.4 Å². The van der Waals surface area contributed by atoms with E-state index < -0.39 is 0 Å². The van der Waals surface area contributed by atoms with Crippen LogP contribution in [0.1, 0.15) is 38.6 Å². The summed E-state index contributed by atoms with van der Waals surface area (Å²) < 4.78 is 12.4. The topological polar surface area (TPSA) is 103 Å². The molecule has 33 heavy (non-hydrogen) atoms. The minimum atomic E-state index is -0.322. The van der Waals surface area contributed by atoms with Gasteiger partial charge < -0.3 is 19.7 Å². The summed E-state index contributed by atoms with van der Waals surface area (Å²) in [5.41, 5.74) is 0.502. The molecule has 0 spiro atoms. The third-order valence-corrected chi connectivity index (χ3v) is 6.97. The molecule has 2 aliphatic rings. The number of carbonyl (C=O) groups excluding carboxylic acids is 2. The Labute approximate surface area is 196 Å². The van der Waals surface area contributed by atoms with E-state index in [4.69, 9.17) is 14.5 Å². The molecule has 10 heteroatoms. The molecule has 2 fully saturated rings. The van der Waals surface area contributed by atoms with Crippen molar-refractivity contribution in [1.29, 1.82) is 0 Å². The van der Waals surface area contributed by atoms with E-state index in [0.29, 0.717) is 55.1 Å². The zero-order valence-corrected chi connectivity index (χ0v) is 19.6. The highest BCUT2D eigenvalue weighted by molar-refractivity contribution is 7.99. The fourth-order valence-electron chi connectivity index (χ4n) is 4.28. The zero-order chi connectivity index (χ0) is 23.2. The number of ether oxygens (including phenoxy) is 2. The Morgan fingerprint density at radius 3 is 2.76 bits per heavy atom. The molecule has 0 aliphatic carbocycles. The highest BCUT2D eigenvalue weighted by Crippen LogP contribution is 2.27. The van der Waals surface area contributed by atoms with Crippen LogP contribution < -0.4 is 10.9 Å². The number of nitrogens with zero attached hydrogens (tertiary/aromatic N) is 3. The average molecular weight is 475 g/mol. The molecule has 0 saturated carbocycles. The van der Waals surface area contributed by atoms with E-state index in [1.54, 1.807) is 22.5 Å². The van der Waals surface area contributed by atoms with E-state index in [1.165, 1.54) is 11.8 Å². The van der Waals surface area contributed by atoms with Crippen LogP contribution in [-0.2, 0) is 14.3 Å². The number of aromatic nitrogens is 2. The van der Waals surface area contributed by atoms with Crippen molar-refractivity contribution in [2.75, 3.05) is 38.6 Å². The molecule has 0 radical (unpaired) electrons. The van der Waals surface area contributed by atoms with Crippen LogP contribution in [0, 0.1) is 0 Å². The van der Waals surface area contributed by atoms with Gasteiger partial charge in [-0.15, -0.1) is 0 Å². The van der Waals surface area contributed by atoms with Crippen molar-refractivity contribution < 1.29 is 19.1 Å². The molecule has 2 amide bonds. The van der Waals surface area contributed by atoms with Gasteiger partial charge in [0.25, 0.3) is 5.56 Å². The summed E-state index contributed by atoms with van der Waals surface area (Å²) in [7, 11) is 0. The predicted molar refractivity (Wildman–Crippen MR) is 126 cm³/mol. The first-order valence-corrected chi connectivity index (χ1v) is 12.5. The maximum Gasteiger partial charge on any atom is 0.409 e. The standard InChI is InChI=1S/C23H30N4O5S/c1-2-31-23(30)26-11-9-16(10-12-26)27-21(29)18-7-3-4-8-19(18)25-22(27)33-15-20(28)24-14-17-6-5-13-32-17/h3-4,7-8,16-17H,2,5-6,9-15H2,1H3,(H,24,28). The maximum atomic E-state index is 13.4. The number of para-hydroxylation sites is 1. The van der Waals surface area contributed by atoms with Crippen LogP contribution in [0.15, 0.2) is 34.2 Å². The van der Waals surface area contributed by atoms with Gasteiger partial charge in [0.05, 0.1) is 29.4 Å². The molecule has 1 unspecified atom stereocenters. The molecule has 1 aromatic heterocycles. The third-order valence-electron chi connectivity index (χ3n) is 6.01. The molecule has 0 bridgehead atoms. The summed E-state index contributed by atoms with van der Waals surface area (Å²) in [5, 5.41) is 4.00. The molecular weight excluding hydrogens is 444 g/mol. The fraction of sp³-hybridized carbons (Fsp3) is 0.565. The van der Waals surface area contributed by atoms with Crippen molar-refractivity contribution in [3.63, 3.8) is 0 Å². The van der Waals surface area contributed by atoms with Crippen LogP contribution in [-0.4, -0.2) is 71.2 Å². The molecule has 2 aliphatic heterocycles. The smallest absolute Gasteiger partial charge is 0.409 e. The summed E-state index contributed by atoms with van der Waals surface area (Å²) >= 11 is 1.27. The minimum absolute atomic E-state index is 0.0838. The lowest BCUT2D eigenvalue weighted by Gasteiger charge is -2.33. The first-order chi connectivity index (χ1) is 16.1. The maximum absolute atomic E-state index is 13.4. The largest absolute Gasteiger partial charge is 0.450 e. The quantitative estimate of drug-likeness (QED) is 0.486. The number of benzene rings is 1. The van der Waals surface area contributed by atoms with E-state index in [2.05, 4.69) is 5.32 Å². The van der Waals surface area contributed by atoms with Crippen LogP contribution in [0.3, 0.4) is 0 Å². The number of rotatable bonds is 7. The Kier molecular flexibility index (Phi) is 7.87. The molecule has 2 saturated heterocycles. The number of hydrogen-bond acceptors (Lipinski definition) is 7. The Hall–Kier alpha value is -2.59. The third kappa shape index (κ3) is 5.67. The molecular formula is C23H30N4O5S. The van der Waals surface area contributed by atoms with Gasteiger partial charge in [-0.3, -0.25) is 14.2 Å². The average Bonchev–Trinajstić information content (AvgIpc) is 3.36. The van der Waals surface area contributed by atoms with Gasteiger partial charge >= 0.3 is 6.09 Å². The first-order valence-electron chi connectivity index (χ1n) is 11.5. The second kappa shape index (κ2) is 11.0. The molecule has 1 aromatic carbocycles. The van der Waals surface area contributed by atoms with E-state index in [1.807, 2.05) is 18.2 Å². The SMILES string of the molecule is CCOC(=O)N1CCC(n2c(SCC(=O)NCC3CCCO3)nc3ccccc3c2=O)CC1. The lowest BCUT2D eigenvalue weighted by molar-refractivity contribution is -0.119. The Morgan fingerprint density at radius 1 is 1.24 bits per heavy atom. The monoisotopic (exact) mass is 474 g/mol. The summed E-state index contributed by atoms with van der Waals surface area (Å²) in [5.74, 6) is 0.0562. The Bertz CT molecular complexity index is 1040. The highest BCUT2D eigenvalue weighted by atomic mass is 32.2. The van der Waals surface area contributed by atoms with Crippen LogP contribution in [0.5, 0.6) is 0 Å². The lowest BCUT2D eigenvalue weighted by atomic mass is 10.0. The molecule has 3 heterocycles. The summed E-state index contributed by atoms with van der Waals surface area (Å²) in [6.45, 7) is 4.39. The van der Waals surface area contributed by atoms with Crippen LogP contribution >= 0.6 is 11.8 Å². The van der Waals surface area contributed by atoms with Crippen molar-refractivity contribution in [3.05, 3.63) is 34.6 Å². The van der Waals surface area contributed by atoms with Crippen molar-refractivity contribution in [2.45, 2.75) is 49.9 Å². The van der Waals surface area contributed by atoms with Gasteiger partial charge in [0.1, 0.15) is 0 Å². The van der Waals surface area contributed by atoms with Crippen molar-refractivity contribution in [3.8, 4) is 0 Å². The van der Waals surface area contributed by atoms with Gasteiger partial charge in [-0.1, -0.05) is 23.9 Å². The van der Waals surface area contributed by atoms with Gasteiger partial charge in [0.15, 0.2) is 5.16 Å². The first kappa shape index (κ1) is 23.6. The Balaban J connectivity index is 1.49. The summed E-state index contributed by atoms with van der Waals surface area (Å²) in [6.07, 6.45) is 2.99. The number of nitrogens with one attached hydrogen (secondary N) is 1. The number of piperidine rings is 1. The van der Waals surface area contributed by atoms with Gasteiger partial charge in [-0.25, -0.2) is 9.78 Å². The van der Waals surface area contributed by atoms with Gasteiger partial charge in [0, 0.05) is 32.3 Å². The van der Waals surface area contributed by atoms with Crippen LogP contribution in [0.4, 0.5) is 4.79 Å². The lowest BCUT2D eigenvalue weighted by Crippen LogP contribution is -2.41. The molecule has 4 rings (SSSR count). The van der Waals surface area contributed by atoms with Crippen LogP contribution in [0.2, 0.25) is 0 Å². The zero-order valence-electron chi connectivity index (χ0n) is 18.8. The van der Waals surface area contributed by atoms with Crippen molar-refractivity contribution in [1.82, 2.24) is 19.8 Å². The number of fused-ring (bicyclic) bond motifs is 1. The van der Waals surface area contributed by atoms with E-state index >= 15 is 0 Å². The molecule has 1 N–H and O–H groups in total. The minimum Gasteiger partial charge on any atom is -0.450 e. The number of thioether (sulfide) groups is 1. The normalized spacial score (nSPS) is 19.1. The predicted octanol–water partition coefficient (Wildman–Crippen LogP) is 2.58. The number of carbonyl (C=O) groups is 2. The summed E-state index contributed by atoms with van der Waals surface area (Å²) in [4.78, 5) is 44.3. The van der Waals surface area contributed by atoms with Gasteiger partial charge in [-0.2, -0.15) is 0 Å². The second-order valence-corrected chi connectivity index (χ2v) is 9.17. The van der Waals surface area contributed by atoms with Crippen LogP contribution in [0.25, 0.3) is 10.9 Å². The number of amides is 2. The molecule has 2 aromatic rings. The van der Waals surface area contributed by atoms with Crippen molar-refractivity contribution >= 4 is 34.7 Å². The van der Waals surface area contributed by atoms with Gasteiger partial charge in [0.2, 0.25) is 5.91 Å². The summed E-state index contributed by atoms with van der Waals surface area (Å²) in [6, 6.07) is 7.16. The number of likely N-dealkylation sites (tertiary alicyclic amines) is 1.